The van der Waals surface area contributed by atoms with E-state index < -0.39 is 241 Å². The van der Waals surface area contributed by atoms with Gasteiger partial charge in [0.2, 0.25) is 100 Å². The Morgan fingerprint density at radius 2 is 1.07 bits per heavy atom. The summed E-state index contributed by atoms with van der Waals surface area (Å²) in [5.41, 5.74) is 19.9. The molecule has 3 fully saturated rings. The van der Waals surface area contributed by atoms with E-state index in [9.17, 15) is 58.5 Å². The molecule has 137 heavy (non-hydrogen) atoms. The molecule has 0 aliphatic carbocycles. The number of benzene rings is 3. The van der Waals surface area contributed by atoms with Crippen molar-refractivity contribution in [1.82, 2.24) is 97.9 Å². The first kappa shape index (κ1) is 107. The number of carbonyl (C=O) groups excluding carboxylic acids is 17. The number of aromatic hydroxyl groups is 1. The van der Waals surface area contributed by atoms with Crippen LogP contribution in [0.2, 0.25) is 0 Å². The number of aromatic amines is 2. The van der Waals surface area contributed by atoms with Crippen molar-refractivity contribution in [3.8, 4) is 5.75 Å². The van der Waals surface area contributed by atoms with Crippen LogP contribution < -0.4 is 75.7 Å². The fraction of sp³-hybridized carbons (Fsp3) is 0.516. The number of pyridine rings is 1. The van der Waals surface area contributed by atoms with E-state index in [2.05, 4.69) is 73.4 Å². The van der Waals surface area contributed by atoms with E-state index in [0.717, 1.165) is 36.3 Å². The monoisotopic (exact) mass is 1920 g/mol. The molecule has 742 valence electrons. The van der Waals surface area contributed by atoms with E-state index >= 15 is 38.4 Å². The molecule has 15 atom stereocenters. The number of rotatable bonds is 26. The Morgan fingerprint density at radius 1 is 0.540 bits per heavy atom. The predicted molar refractivity (Wildman–Crippen MR) is 505 cm³/mol. The van der Waals surface area contributed by atoms with Gasteiger partial charge in [0, 0.05) is 125 Å². The number of thioether (sulfide) groups is 1. The lowest BCUT2D eigenvalue weighted by Gasteiger charge is -2.36. The minimum Gasteiger partial charge on any atom is -0.508 e. The van der Waals surface area contributed by atoms with Gasteiger partial charge in [0.1, 0.15) is 90.3 Å². The summed E-state index contributed by atoms with van der Waals surface area (Å²) < 4.78 is 0. The summed E-state index contributed by atoms with van der Waals surface area (Å²) in [5, 5.41) is 71.3. The third-order valence-corrected chi connectivity index (χ3v) is 25.5. The third kappa shape index (κ3) is 30.1. The number of guanidine groups is 1. The van der Waals surface area contributed by atoms with E-state index in [1.807, 2.05) is 13.8 Å². The summed E-state index contributed by atoms with van der Waals surface area (Å²) in [6, 6.07) is 0.939. The highest BCUT2D eigenvalue weighted by molar-refractivity contribution is 8.00. The van der Waals surface area contributed by atoms with Crippen LogP contribution in [0.25, 0.3) is 21.8 Å². The molecule has 1 unspecified atom stereocenters. The van der Waals surface area contributed by atoms with Crippen molar-refractivity contribution in [1.29, 1.82) is 5.41 Å². The zero-order valence-electron chi connectivity index (χ0n) is 78.2. The fourth-order valence-electron chi connectivity index (χ4n) is 16.9. The van der Waals surface area contributed by atoms with Gasteiger partial charge in [0.25, 0.3) is 0 Å². The average molecular weight is 1920 g/mol. The second-order valence-electron chi connectivity index (χ2n) is 35.3. The summed E-state index contributed by atoms with van der Waals surface area (Å²) in [7, 11) is 3.90. The number of amides is 17. The number of nitrogens with two attached hydrogens (primary N) is 3. The molecule has 3 aromatic heterocycles. The first-order valence-corrected chi connectivity index (χ1v) is 47.1. The van der Waals surface area contributed by atoms with Crippen LogP contribution in [0.1, 0.15) is 140 Å². The van der Waals surface area contributed by atoms with Gasteiger partial charge in [-0.3, -0.25) is 91.9 Å². The Labute approximate surface area is 796 Å². The van der Waals surface area contributed by atoms with Gasteiger partial charge in [0.15, 0.2) is 5.96 Å². The molecule has 3 aromatic carbocycles. The minimum absolute atomic E-state index is 0.0130. The number of nitrogens with one attached hydrogen (secondary N) is 14. The number of aliphatic hydroxyl groups is 2. The van der Waals surface area contributed by atoms with Gasteiger partial charge < -0.3 is 125 Å². The zero-order valence-corrected chi connectivity index (χ0v) is 79.0. The number of phenols is 1. The Bertz CT molecular complexity index is 5290. The molecule has 17 amide bonds. The normalized spacial score (nSPS) is 24.5. The van der Waals surface area contributed by atoms with Crippen LogP contribution in [-0.4, -0.2) is 317 Å². The molecular weight excluding hydrogens is 1790 g/mol. The standard InChI is InChI=1S/C93H129N23O20S/c1-9-11-26-72-85(129)104-63(25-18-34-99-93(96)97)81(125)111-71(80(124)102-46-77(95)121)49-137-50-78(122)103-67(37-53-29-31-57(118)32-30-53)88(132)112(6)52(5)79(123)107-69(42-76(94)120)90(134)115-35-19-28-73(115)86(130)105-64(38-54-20-17-33-98-43-54)82(126)108-66(36-51(3)4)91(135)116-47-58(119)41-75(116)87(131)106-65(39-55-44-100-61-23-15-13-21-59(55)61)83(127)110-70(48-117)84(128)109-68(40-56-45-101-62-24-16-14-22-60(56)62)89(133)114(8)74(27-12-10-2)92(136)113(72)7/h13-17,20-24,29-33,43-45,51-52,58,63-75,100-101,117-119H,9-12,18-19,25-28,34-42,46-50H2,1-8H3,(H2,94,120)(H2,95,121)(H,102,124)(H,103,122)(H,104,129)(H,105,130)(H,106,131)(H,107,123)(H,108,126)(H,109,128)(H,110,127)(H,111,125)(H4,96,97,99)/t52-,58+,63-,64-,65?,66-,67-,68-,69-,70-,71-,72-,73-,74-,75-/m0/s1. The molecule has 43 nitrogen and oxygen atoms in total. The van der Waals surface area contributed by atoms with Crippen LogP contribution >= 0.6 is 11.8 Å². The quantitative estimate of drug-likeness (QED) is 0.0155. The number of nitrogens with zero attached hydrogens (tertiary/aromatic N) is 6. The Kier molecular flexibility index (Phi) is 40.0. The lowest BCUT2D eigenvalue weighted by atomic mass is 10.00. The lowest BCUT2D eigenvalue weighted by molar-refractivity contribution is -0.149. The first-order chi connectivity index (χ1) is 65.3. The topological polar surface area (TPSA) is 646 Å². The molecule has 0 radical (unpaired) electrons. The van der Waals surface area contributed by atoms with Gasteiger partial charge in [0.05, 0.1) is 31.4 Å². The maximum Gasteiger partial charge on any atom is 0.246 e. The van der Waals surface area contributed by atoms with Crippen molar-refractivity contribution >= 4 is 140 Å². The van der Waals surface area contributed by atoms with Gasteiger partial charge in [-0.1, -0.05) is 108 Å². The number of primary amides is 2. The lowest BCUT2D eigenvalue weighted by Crippen LogP contribution is -2.62. The largest absolute Gasteiger partial charge is 0.508 e. The number of hydrogen-bond donors (Lipinski definition) is 20. The van der Waals surface area contributed by atoms with Crippen molar-refractivity contribution in [3.63, 3.8) is 0 Å². The first-order valence-electron chi connectivity index (χ1n) is 46.0. The highest BCUT2D eigenvalue weighted by atomic mass is 32.2. The second-order valence-corrected chi connectivity index (χ2v) is 36.3. The van der Waals surface area contributed by atoms with Gasteiger partial charge in [-0.15, -0.1) is 11.8 Å². The van der Waals surface area contributed by atoms with Crippen molar-refractivity contribution in [2.45, 2.75) is 234 Å². The summed E-state index contributed by atoms with van der Waals surface area (Å²) in [6.07, 6.45) is 3.89. The Morgan fingerprint density at radius 3 is 1.67 bits per heavy atom. The summed E-state index contributed by atoms with van der Waals surface area (Å²) >= 11 is 0.761. The van der Waals surface area contributed by atoms with E-state index in [1.165, 1.54) is 64.7 Å². The molecule has 6 aromatic rings. The van der Waals surface area contributed by atoms with E-state index in [0.29, 0.717) is 69.7 Å². The van der Waals surface area contributed by atoms with Crippen LogP contribution in [0, 0.1) is 11.3 Å². The maximum absolute atomic E-state index is 15.8. The van der Waals surface area contributed by atoms with Gasteiger partial charge in [-0.2, -0.15) is 0 Å². The molecule has 3 saturated heterocycles. The van der Waals surface area contributed by atoms with Gasteiger partial charge in [-0.05, 0) is 110 Å². The minimum atomic E-state index is -1.90. The molecule has 3 aliphatic rings. The number of aromatic nitrogens is 3. The highest BCUT2D eigenvalue weighted by Crippen LogP contribution is 2.28. The number of phenolic OH excluding ortho intramolecular Hbond substituents is 1. The zero-order chi connectivity index (χ0) is 100. The van der Waals surface area contributed by atoms with Gasteiger partial charge in [-0.25, -0.2) is 0 Å². The molecule has 0 bridgehead atoms. The molecule has 44 heteroatoms. The maximum atomic E-state index is 15.8. The number of H-pyrrole nitrogens is 2. The van der Waals surface area contributed by atoms with Crippen molar-refractivity contribution in [2.75, 3.05) is 65.4 Å². The highest BCUT2D eigenvalue weighted by Gasteiger charge is 2.47. The molecule has 0 spiro atoms. The molecule has 9 rings (SSSR count). The number of carbonyl (C=O) groups is 17. The van der Waals surface area contributed by atoms with Crippen LogP contribution in [0.4, 0.5) is 0 Å². The molecule has 6 heterocycles. The van der Waals surface area contributed by atoms with Crippen molar-refractivity contribution < 1.29 is 96.8 Å². The van der Waals surface area contributed by atoms with Crippen LogP contribution in [0.5, 0.6) is 5.75 Å². The smallest absolute Gasteiger partial charge is 0.246 e. The van der Waals surface area contributed by atoms with E-state index in [1.54, 1.807) is 86.9 Å². The number of likely N-dealkylation sites (N-methyl/N-ethyl adjacent to an activating group) is 3. The third-order valence-electron chi connectivity index (χ3n) is 24.5. The summed E-state index contributed by atoms with van der Waals surface area (Å²) in [4.78, 5) is 267. The number of para-hydroxylation sites is 2. The number of unbranched alkanes of at least 4 members (excludes halogenated alkanes) is 2. The van der Waals surface area contributed by atoms with Crippen LogP contribution in [0.15, 0.2) is 110 Å². The number of fused-ring (bicyclic) bond motifs is 4. The van der Waals surface area contributed by atoms with Crippen molar-refractivity contribution in [2.24, 2.45) is 23.1 Å². The number of aliphatic hydroxyl groups excluding tert-OH is 2. The second kappa shape index (κ2) is 51.2. The molecule has 0 saturated carbocycles. The predicted octanol–water partition coefficient (Wildman–Crippen LogP) is -2.26. The van der Waals surface area contributed by atoms with Crippen LogP contribution in [-0.2, 0) is 107 Å². The Hall–Kier alpha value is -13.8. The SMILES string of the molecule is CCCC[C@H]1C(=O)N(C)[C@@H](CCCC)C(=O)N[C@@H](CCCNC(=N)N)C(=O)N[C@H](C(=O)NCC(N)=O)CSCC(=O)N[C@@H](Cc2ccc(O)cc2)C(=O)N(C)[C@@H](C)C(=O)N[C@@H](CC(N)=O)C(=O)N2CCC[C@H]2C(=O)N[C@@H](Cc2cccnc2)C(=O)N[C@@H](CC(C)C)C(=O)N2C[C@H](O)C[C@H]2C(=O)NC(Cc2c[nH]c3ccccc23)C(=O)N[C@@H](CO)C(=O)N[C@@H](Cc2c[nH]c3ccccc23)C(=O)N1C. The molecular formula is C93H129N23O20S. The number of hydrogen-bond acceptors (Lipinski definition) is 23. The molecule has 23 N–H and O–H groups in total. The summed E-state index contributed by atoms with van der Waals surface area (Å²) in [6.45, 7) is 6.02. The summed E-state index contributed by atoms with van der Waals surface area (Å²) in [5.74, 6) is -18.0. The average Bonchev–Trinajstić information content (AvgIpc) is 1.67. The van der Waals surface area contributed by atoms with Crippen LogP contribution in [0.3, 0.4) is 0 Å². The molecule has 3 aliphatic heterocycles. The van der Waals surface area contributed by atoms with Crippen molar-refractivity contribution in [3.05, 3.63) is 132 Å². The van der Waals surface area contributed by atoms with Gasteiger partial charge >= 0.3 is 0 Å². The Balaban J connectivity index is 1.11. The van der Waals surface area contributed by atoms with E-state index in [-0.39, 0.29) is 95.4 Å². The fourth-order valence-corrected chi connectivity index (χ4v) is 17.8. The van der Waals surface area contributed by atoms with E-state index in [4.69, 9.17) is 22.6 Å².